The van der Waals surface area contributed by atoms with Crippen molar-refractivity contribution in [3.05, 3.63) is 58.3 Å². The lowest BCUT2D eigenvalue weighted by molar-refractivity contribution is -0.384. The largest absolute Gasteiger partial charge is 0.455 e. The van der Waals surface area contributed by atoms with Crippen LogP contribution in [0.25, 0.3) is 11.3 Å². The van der Waals surface area contributed by atoms with Crippen molar-refractivity contribution in [1.82, 2.24) is 9.97 Å². The topological polar surface area (TPSA) is 131 Å². The Morgan fingerprint density at radius 1 is 0.971 bits per heavy atom. The molecule has 4 heterocycles. The molecule has 0 aliphatic carbocycles. The van der Waals surface area contributed by atoms with Gasteiger partial charge < -0.3 is 23.7 Å². The van der Waals surface area contributed by atoms with Crippen molar-refractivity contribution in [2.75, 3.05) is 67.8 Å². The Balaban J connectivity index is 1.32. The quantitative estimate of drug-likeness (QED) is 0.306. The molecular formula is C23H25N7O5. The first-order chi connectivity index (χ1) is 17.2. The van der Waals surface area contributed by atoms with Crippen LogP contribution in [0.3, 0.4) is 0 Å². The Labute approximate surface area is 201 Å². The highest BCUT2D eigenvalue weighted by atomic mass is 16.6. The first-order valence-corrected chi connectivity index (χ1v) is 11.3. The van der Waals surface area contributed by atoms with Crippen LogP contribution in [0.5, 0.6) is 0 Å². The number of morpholine rings is 2. The molecule has 12 nitrogen and oxygen atoms in total. The van der Waals surface area contributed by atoms with Gasteiger partial charge in [-0.2, -0.15) is 15.1 Å². The molecule has 0 unspecified atom stereocenters. The van der Waals surface area contributed by atoms with E-state index in [0.717, 1.165) is 32.0 Å². The van der Waals surface area contributed by atoms with Crippen molar-refractivity contribution in [3.63, 3.8) is 0 Å². The molecule has 0 spiro atoms. The van der Waals surface area contributed by atoms with Gasteiger partial charge >= 0.3 is 0 Å². The number of rotatable bonds is 7. The van der Waals surface area contributed by atoms with E-state index in [2.05, 4.69) is 25.3 Å². The maximum atomic E-state index is 11.0. The highest BCUT2D eigenvalue weighted by Gasteiger charge is 2.19. The second-order valence-electron chi connectivity index (χ2n) is 7.99. The maximum absolute atomic E-state index is 11.0. The minimum atomic E-state index is -0.434. The van der Waals surface area contributed by atoms with Crippen molar-refractivity contribution in [2.45, 2.75) is 0 Å². The van der Waals surface area contributed by atoms with Crippen LogP contribution in [0, 0.1) is 10.1 Å². The van der Waals surface area contributed by atoms with Gasteiger partial charge in [-0.1, -0.05) is 12.1 Å². The Morgan fingerprint density at radius 2 is 1.71 bits per heavy atom. The zero-order chi connectivity index (χ0) is 24.0. The first-order valence-electron chi connectivity index (χ1n) is 11.3. The van der Waals surface area contributed by atoms with Gasteiger partial charge in [-0.25, -0.2) is 0 Å². The summed E-state index contributed by atoms with van der Waals surface area (Å²) in [6.07, 6.45) is 1.53. The van der Waals surface area contributed by atoms with Gasteiger partial charge in [-0.3, -0.25) is 15.5 Å². The smallest absolute Gasteiger partial charge is 0.270 e. The minimum Gasteiger partial charge on any atom is -0.455 e. The van der Waals surface area contributed by atoms with Crippen molar-refractivity contribution >= 4 is 29.5 Å². The fourth-order valence-corrected chi connectivity index (χ4v) is 3.85. The second-order valence-corrected chi connectivity index (χ2v) is 7.99. The number of nitrogens with one attached hydrogen (secondary N) is 1. The summed E-state index contributed by atoms with van der Waals surface area (Å²) in [5.41, 5.74) is 3.60. The molecule has 0 bridgehead atoms. The van der Waals surface area contributed by atoms with Gasteiger partial charge in [0, 0.05) is 49.9 Å². The summed E-state index contributed by atoms with van der Waals surface area (Å²) in [7, 11) is 0. The molecule has 1 aromatic carbocycles. The molecule has 5 rings (SSSR count). The number of anilines is 3. The summed E-state index contributed by atoms with van der Waals surface area (Å²) in [4.78, 5) is 24.3. The number of hydrogen-bond donors (Lipinski definition) is 1. The fourth-order valence-electron chi connectivity index (χ4n) is 3.85. The van der Waals surface area contributed by atoms with E-state index in [1.54, 1.807) is 24.3 Å². The third-order valence-electron chi connectivity index (χ3n) is 5.67. The lowest BCUT2D eigenvalue weighted by Gasteiger charge is -2.31. The van der Waals surface area contributed by atoms with E-state index in [1.807, 2.05) is 6.07 Å². The number of hydrazone groups is 1. The average molecular weight is 479 g/mol. The Morgan fingerprint density at radius 3 is 2.46 bits per heavy atom. The highest BCUT2D eigenvalue weighted by Crippen LogP contribution is 2.26. The number of ether oxygens (including phenoxy) is 2. The van der Waals surface area contributed by atoms with Gasteiger partial charge in [0.2, 0.25) is 5.95 Å². The standard InChI is InChI=1S/C23H25N7O5/c31-30(32)18-3-1-2-17(14-18)20-5-4-19(35-20)16-24-27-21-15-22(28-6-10-33-11-7-28)26-23(25-21)29-8-12-34-13-9-29/h1-5,14-16H,6-13H2,(H,25,26,27)/b24-16+. The Hall–Kier alpha value is -4.03. The lowest BCUT2D eigenvalue weighted by atomic mass is 10.1. The summed E-state index contributed by atoms with van der Waals surface area (Å²) in [6.45, 7) is 5.55. The van der Waals surface area contributed by atoms with Crippen LogP contribution in [0.15, 0.2) is 52.0 Å². The van der Waals surface area contributed by atoms with E-state index in [-0.39, 0.29) is 5.69 Å². The van der Waals surface area contributed by atoms with Crippen molar-refractivity contribution in [1.29, 1.82) is 0 Å². The summed E-state index contributed by atoms with van der Waals surface area (Å²) in [6, 6.07) is 11.7. The second kappa shape index (κ2) is 10.5. The van der Waals surface area contributed by atoms with Crippen LogP contribution in [-0.2, 0) is 9.47 Å². The van der Waals surface area contributed by atoms with Crippen molar-refractivity contribution in [3.8, 4) is 11.3 Å². The molecular weight excluding hydrogens is 454 g/mol. The van der Waals surface area contributed by atoms with E-state index >= 15 is 0 Å². The van der Waals surface area contributed by atoms with Crippen LogP contribution in [0.2, 0.25) is 0 Å². The van der Waals surface area contributed by atoms with Crippen LogP contribution < -0.4 is 15.2 Å². The molecule has 0 atom stereocenters. The van der Waals surface area contributed by atoms with Gasteiger partial charge in [0.1, 0.15) is 17.3 Å². The molecule has 2 fully saturated rings. The molecule has 12 heteroatoms. The van der Waals surface area contributed by atoms with E-state index in [4.69, 9.17) is 18.9 Å². The molecule has 2 saturated heterocycles. The van der Waals surface area contributed by atoms with E-state index in [1.165, 1.54) is 18.3 Å². The van der Waals surface area contributed by atoms with Crippen LogP contribution in [0.4, 0.5) is 23.3 Å². The number of nitro groups is 1. The van der Waals surface area contributed by atoms with Gasteiger partial charge in [0.15, 0.2) is 5.82 Å². The predicted octanol–water partition coefficient (Wildman–Crippen LogP) is 2.76. The summed E-state index contributed by atoms with van der Waals surface area (Å²) in [5, 5.41) is 15.3. The Kier molecular flexibility index (Phi) is 6.82. The minimum absolute atomic E-state index is 0.00619. The molecule has 2 aromatic heterocycles. The molecule has 2 aliphatic heterocycles. The zero-order valence-electron chi connectivity index (χ0n) is 19.0. The molecule has 2 aliphatic rings. The number of hydrogen-bond acceptors (Lipinski definition) is 11. The monoisotopic (exact) mass is 479 g/mol. The van der Waals surface area contributed by atoms with Crippen LogP contribution in [-0.4, -0.2) is 73.7 Å². The summed E-state index contributed by atoms with van der Waals surface area (Å²) < 4.78 is 16.7. The van der Waals surface area contributed by atoms with Gasteiger partial charge in [0.25, 0.3) is 5.69 Å². The number of aromatic nitrogens is 2. The molecule has 0 radical (unpaired) electrons. The molecule has 182 valence electrons. The highest BCUT2D eigenvalue weighted by molar-refractivity contribution is 5.78. The van der Waals surface area contributed by atoms with Crippen molar-refractivity contribution in [2.24, 2.45) is 5.10 Å². The van der Waals surface area contributed by atoms with E-state index < -0.39 is 4.92 Å². The van der Waals surface area contributed by atoms with Crippen LogP contribution >= 0.6 is 0 Å². The number of benzene rings is 1. The maximum Gasteiger partial charge on any atom is 0.270 e. The number of non-ortho nitro benzene ring substituents is 1. The summed E-state index contributed by atoms with van der Waals surface area (Å²) >= 11 is 0. The normalized spacial score (nSPS) is 16.6. The zero-order valence-corrected chi connectivity index (χ0v) is 19.0. The fraction of sp³-hybridized carbons (Fsp3) is 0.348. The number of nitro benzene ring substituents is 1. The van der Waals surface area contributed by atoms with E-state index in [9.17, 15) is 10.1 Å². The third-order valence-corrected chi connectivity index (χ3v) is 5.67. The molecule has 0 saturated carbocycles. The predicted molar refractivity (Wildman–Crippen MR) is 130 cm³/mol. The molecule has 1 N–H and O–H groups in total. The Bertz CT molecular complexity index is 1170. The van der Waals surface area contributed by atoms with Gasteiger partial charge in [-0.15, -0.1) is 0 Å². The molecule has 35 heavy (non-hydrogen) atoms. The van der Waals surface area contributed by atoms with Gasteiger partial charge in [-0.05, 0) is 12.1 Å². The first kappa shape index (κ1) is 22.7. The average Bonchev–Trinajstić information content (AvgIpc) is 3.39. The lowest BCUT2D eigenvalue weighted by Crippen LogP contribution is -2.39. The van der Waals surface area contributed by atoms with Crippen molar-refractivity contribution < 1.29 is 18.8 Å². The SMILES string of the molecule is O=[N+]([O-])c1cccc(-c2ccc(/C=N/Nc3cc(N4CCOCC4)nc(N4CCOCC4)n3)o2)c1. The van der Waals surface area contributed by atoms with Crippen LogP contribution in [0.1, 0.15) is 5.76 Å². The van der Waals surface area contributed by atoms with Gasteiger partial charge in [0.05, 0.1) is 37.6 Å². The number of furan rings is 1. The third kappa shape index (κ3) is 5.55. The van der Waals surface area contributed by atoms with E-state index in [0.29, 0.717) is 55.3 Å². The summed E-state index contributed by atoms with van der Waals surface area (Å²) in [5.74, 6) is 3.01. The molecule has 0 amide bonds. The molecule has 3 aromatic rings. The number of nitrogens with zero attached hydrogens (tertiary/aromatic N) is 6.